The third-order valence-corrected chi connectivity index (χ3v) is 4.49. The summed E-state index contributed by atoms with van der Waals surface area (Å²) in [5, 5.41) is 0. The van der Waals surface area contributed by atoms with Gasteiger partial charge in [-0.2, -0.15) is 0 Å². The maximum absolute atomic E-state index is 2.37. The second-order valence-corrected chi connectivity index (χ2v) is 6.11. The third-order valence-electron chi connectivity index (χ3n) is 4.49. The Labute approximate surface area is 135 Å². The third kappa shape index (κ3) is 5.18. The highest BCUT2D eigenvalue weighted by Crippen LogP contribution is 2.24. The van der Waals surface area contributed by atoms with Gasteiger partial charge in [0.05, 0.1) is 0 Å². The number of hydrogen-bond acceptors (Lipinski definition) is 0. The van der Waals surface area contributed by atoms with Crippen LogP contribution < -0.4 is 0 Å². The van der Waals surface area contributed by atoms with Gasteiger partial charge >= 0.3 is 0 Å². The van der Waals surface area contributed by atoms with Gasteiger partial charge in [-0.15, -0.1) is 0 Å². The molecule has 22 heavy (non-hydrogen) atoms. The molecule has 0 aliphatic heterocycles. The highest BCUT2D eigenvalue weighted by Gasteiger charge is 2.06. The number of allylic oxidation sites excluding steroid dienone is 2. The molecule has 0 fully saturated rings. The Bertz CT molecular complexity index is 539. The molecule has 2 atom stereocenters. The normalized spacial score (nSPS) is 14.1. The molecule has 2 aromatic carbocycles. The van der Waals surface area contributed by atoms with Gasteiger partial charge in [0.1, 0.15) is 0 Å². The van der Waals surface area contributed by atoms with E-state index >= 15 is 0 Å². The van der Waals surface area contributed by atoms with E-state index < -0.39 is 0 Å². The molecule has 0 heteroatoms. The predicted molar refractivity (Wildman–Crippen MR) is 97.3 cm³/mol. The average molecular weight is 292 g/mol. The lowest BCUT2D eigenvalue weighted by molar-refractivity contribution is 0.665. The molecule has 0 heterocycles. The van der Waals surface area contributed by atoms with Crippen molar-refractivity contribution in [3.63, 3.8) is 0 Å². The van der Waals surface area contributed by atoms with Crippen molar-refractivity contribution in [2.45, 2.75) is 51.4 Å². The zero-order valence-electron chi connectivity index (χ0n) is 13.9. The van der Waals surface area contributed by atoms with Gasteiger partial charge in [0.15, 0.2) is 0 Å². The molecule has 0 aliphatic rings. The van der Waals surface area contributed by atoms with Crippen LogP contribution in [0.2, 0.25) is 0 Å². The quantitative estimate of drug-likeness (QED) is 0.474. The van der Waals surface area contributed by atoms with E-state index in [2.05, 4.69) is 86.7 Å². The molecule has 2 aromatic rings. The Morgan fingerprint density at radius 2 is 1.41 bits per heavy atom. The molecule has 2 rings (SSSR count). The molecule has 0 radical (unpaired) electrons. The first kappa shape index (κ1) is 16.5. The molecule has 0 saturated heterocycles. The average Bonchev–Trinajstić information content (AvgIpc) is 2.59. The topological polar surface area (TPSA) is 0 Å². The van der Waals surface area contributed by atoms with E-state index in [0.717, 1.165) is 6.42 Å². The van der Waals surface area contributed by atoms with Gasteiger partial charge < -0.3 is 0 Å². The van der Waals surface area contributed by atoms with Crippen LogP contribution in [-0.4, -0.2) is 0 Å². The maximum atomic E-state index is 2.37. The lowest BCUT2D eigenvalue weighted by atomic mass is 9.92. The zero-order valence-corrected chi connectivity index (χ0v) is 13.9. The van der Waals surface area contributed by atoms with Crippen molar-refractivity contribution in [3.05, 3.63) is 83.9 Å². The van der Waals surface area contributed by atoms with Gasteiger partial charge in [-0.25, -0.2) is 0 Å². The summed E-state index contributed by atoms with van der Waals surface area (Å²) in [5.74, 6) is 1.30. The van der Waals surface area contributed by atoms with Gasteiger partial charge in [-0.3, -0.25) is 0 Å². The number of hydrogen-bond donors (Lipinski definition) is 0. The first-order valence-corrected chi connectivity index (χ1v) is 8.56. The summed E-state index contributed by atoms with van der Waals surface area (Å²) in [6.07, 6.45) is 9.49. The summed E-state index contributed by atoms with van der Waals surface area (Å²) in [5.41, 5.74) is 2.92. The highest BCUT2D eigenvalue weighted by atomic mass is 14.1. The van der Waals surface area contributed by atoms with E-state index in [0.29, 0.717) is 11.8 Å². The molecule has 0 amide bonds. The van der Waals surface area contributed by atoms with E-state index in [4.69, 9.17) is 0 Å². The van der Waals surface area contributed by atoms with Crippen LogP contribution in [-0.2, 0) is 0 Å². The molecule has 0 nitrogen and oxygen atoms in total. The SMILES string of the molecule is CCC(CC=CCCC(C)c1ccccc1)c1ccccc1. The van der Waals surface area contributed by atoms with Crippen molar-refractivity contribution < 1.29 is 0 Å². The number of benzene rings is 2. The molecule has 0 aromatic heterocycles. The van der Waals surface area contributed by atoms with Gasteiger partial charge in [0.2, 0.25) is 0 Å². The summed E-state index contributed by atoms with van der Waals surface area (Å²) in [6, 6.07) is 21.7. The lowest BCUT2D eigenvalue weighted by Gasteiger charge is -2.13. The molecular weight excluding hydrogens is 264 g/mol. The molecule has 116 valence electrons. The van der Waals surface area contributed by atoms with Crippen LogP contribution in [0.4, 0.5) is 0 Å². The van der Waals surface area contributed by atoms with Crippen molar-refractivity contribution in [1.29, 1.82) is 0 Å². The van der Waals surface area contributed by atoms with Crippen LogP contribution in [0.15, 0.2) is 72.8 Å². The second kappa shape index (κ2) is 9.25. The molecular formula is C22H28. The minimum atomic E-state index is 0.641. The minimum Gasteiger partial charge on any atom is -0.0885 e. The second-order valence-electron chi connectivity index (χ2n) is 6.11. The monoisotopic (exact) mass is 292 g/mol. The van der Waals surface area contributed by atoms with Crippen LogP contribution in [0.3, 0.4) is 0 Å². The van der Waals surface area contributed by atoms with Crippen LogP contribution in [0.25, 0.3) is 0 Å². The van der Waals surface area contributed by atoms with E-state index in [-0.39, 0.29) is 0 Å². The van der Waals surface area contributed by atoms with E-state index in [1.54, 1.807) is 0 Å². The van der Waals surface area contributed by atoms with Crippen molar-refractivity contribution >= 4 is 0 Å². The maximum Gasteiger partial charge on any atom is -0.0130 e. The van der Waals surface area contributed by atoms with E-state index in [9.17, 15) is 0 Å². The first-order valence-electron chi connectivity index (χ1n) is 8.56. The Balaban J connectivity index is 1.76. The molecule has 2 unspecified atom stereocenters. The number of rotatable bonds is 8. The lowest BCUT2D eigenvalue weighted by Crippen LogP contribution is -1.95. The Morgan fingerprint density at radius 1 is 0.818 bits per heavy atom. The summed E-state index contributed by atoms with van der Waals surface area (Å²) < 4.78 is 0. The molecule has 0 N–H and O–H groups in total. The van der Waals surface area contributed by atoms with Crippen LogP contribution >= 0.6 is 0 Å². The molecule has 0 saturated carbocycles. The standard InChI is InChI=1S/C22H28/c1-3-20(22-17-11-6-12-18-22)14-8-4-7-13-19(2)21-15-9-5-10-16-21/h4-6,8-12,15-20H,3,7,13-14H2,1-2H3. The van der Waals surface area contributed by atoms with Gasteiger partial charge in [-0.05, 0) is 48.6 Å². The van der Waals surface area contributed by atoms with Crippen molar-refractivity contribution in [1.82, 2.24) is 0 Å². The van der Waals surface area contributed by atoms with Crippen molar-refractivity contribution in [2.24, 2.45) is 0 Å². The fourth-order valence-corrected chi connectivity index (χ4v) is 2.94. The summed E-state index contributed by atoms with van der Waals surface area (Å²) in [4.78, 5) is 0. The summed E-state index contributed by atoms with van der Waals surface area (Å²) >= 11 is 0. The van der Waals surface area contributed by atoms with Gasteiger partial charge in [0, 0.05) is 0 Å². The fraction of sp³-hybridized carbons (Fsp3) is 0.364. The van der Waals surface area contributed by atoms with Crippen LogP contribution in [0, 0.1) is 0 Å². The predicted octanol–water partition coefficient (Wildman–Crippen LogP) is 6.71. The van der Waals surface area contributed by atoms with E-state index in [1.165, 1.54) is 30.4 Å². The highest BCUT2D eigenvalue weighted by molar-refractivity contribution is 5.20. The summed E-state index contributed by atoms with van der Waals surface area (Å²) in [7, 11) is 0. The first-order chi connectivity index (χ1) is 10.8. The minimum absolute atomic E-state index is 0.641. The Hall–Kier alpha value is -1.82. The van der Waals surface area contributed by atoms with Crippen molar-refractivity contribution in [2.75, 3.05) is 0 Å². The zero-order chi connectivity index (χ0) is 15.6. The molecule has 0 bridgehead atoms. The van der Waals surface area contributed by atoms with Gasteiger partial charge in [0.25, 0.3) is 0 Å². The molecule has 0 spiro atoms. The Morgan fingerprint density at radius 3 is 2.00 bits per heavy atom. The van der Waals surface area contributed by atoms with E-state index in [1.807, 2.05) is 0 Å². The van der Waals surface area contributed by atoms with Crippen molar-refractivity contribution in [3.8, 4) is 0 Å². The smallest absolute Gasteiger partial charge is 0.0130 e. The molecule has 0 aliphatic carbocycles. The largest absolute Gasteiger partial charge is 0.0885 e. The Kier molecular flexibility index (Phi) is 6.96. The van der Waals surface area contributed by atoms with Crippen LogP contribution in [0.5, 0.6) is 0 Å². The van der Waals surface area contributed by atoms with Gasteiger partial charge in [-0.1, -0.05) is 86.7 Å². The fourth-order valence-electron chi connectivity index (χ4n) is 2.94. The summed E-state index contributed by atoms with van der Waals surface area (Å²) in [6.45, 7) is 4.60. The van der Waals surface area contributed by atoms with Crippen LogP contribution in [0.1, 0.15) is 62.5 Å².